The number of thiocarbonyl (C=S) groups is 1. The van der Waals surface area contributed by atoms with Gasteiger partial charge in [0.25, 0.3) is 0 Å². The highest BCUT2D eigenvalue weighted by atomic mass is 32.2. The number of carbonyl (C=O) groups is 1. The van der Waals surface area contributed by atoms with E-state index in [1.54, 1.807) is 4.90 Å². The second-order valence-electron chi connectivity index (χ2n) is 7.58. The van der Waals surface area contributed by atoms with Crippen LogP contribution in [0, 0.1) is 0 Å². The van der Waals surface area contributed by atoms with Crippen molar-refractivity contribution in [2.24, 2.45) is 0 Å². The molecule has 4 nitrogen and oxygen atoms in total. The van der Waals surface area contributed by atoms with Crippen molar-refractivity contribution in [2.45, 2.75) is 17.1 Å². The summed E-state index contributed by atoms with van der Waals surface area (Å²) in [5.74, 6) is 0.0158. The van der Waals surface area contributed by atoms with Crippen LogP contribution in [0.5, 0.6) is 0 Å². The molecule has 2 N–H and O–H groups in total. The Kier molecular flexibility index (Phi) is 7.96. The molecule has 0 radical (unpaired) electrons. The van der Waals surface area contributed by atoms with Crippen LogP contribution < -0.4 is 15.5 Å². The molecule has 0 saturated carbocycles. The summed E-state index contributed by atoms with van der Waals surface area (Å²) in [6.45, 7) is 1.94. The van der Waals surface area contributed by atoms with Gasteiger partial charge in [0.2, 0.25) is 5.91 Å². The van der Waals surface area contributed by atoms with Gasteiger partial charge in [-0.3, -0.25) is 9.69 Å². The van der Waals surface area contributed by atoms with E-state index in [2.05, 4.69) is 10.6 Å². The Hall–Kier alpha value is -3.61. The molecule has 0 spiro atoms. The first-order valence-electron chi connectivity index (χ1n) is 10.9. The highest BCUT2D eigenvalue weighted by Gasteiger charge is 2.24. The largest absolute Gasteiger partial charge is 0.332 e. The van der Waals surface area contributed by atoms with Gasteiger partial charge < -0.3 is 10.6 Å². The van der Waals surface area contributed by atoms with Gasteiger partial charge in [-0.2, -0.15) is 0 Å². The molecule has 0 aromatic heterocycles. The Balaban J connectivity index is 1.46. The number of amides is 1. The Morgan fingerprint density at radius 1 is 0.735 bits per heavy atom. The molecule has 4 aromatic carbocycles. The Labute approximate surface area is 210 Å². The molecular weight excluding hydrogens is 458 g/mol. The van der Waals surface area contributed by atoms with Crippen LogP contribution in [0.2, 0.25) is 0 Å². The number of benzene rings is 4. The summed E-state index contributed by atoms with van der Waals surface area (Å²) in [6.07, 6.45) is 0. The van der Waals surface area contributed by atoms with Crippen LogP contribution in [0.3, 0.4) is 0 Å². The molecule has 0 bridgehead atoms. The Morgan fingerprint density at radius 3 is 1.82 bits per heavy atom. The van der Waals surface area contributed by atoms with E-state index in [1.165, 1.54) is 11.8 Å². The van der Waals surface area contributed by atoms with E-state index in [9.17, 15) is 4.79 Å². The molecule has 0 aliphatic rings. The maximum absolute atomic E-state index is 13.6. The zero-order valence-electron chi connectivity index (χ0n) is 18.7. The third-order valence-corrected chi connectivity index (χ3v) is 6.32. The van der Waals surface area contributed by atoms with Crippen LogP contribution in [-0.2, 0) is 4.79 Å². The van der Waals surface area contributed by atoms with Crippen molar-refractivity contribution in [3.63, 3.8) is 0 Å². The van der Waals surface area contributed by atoms with Crippen molar-refractivity contribution in [1.82, 2.24) is 0 Å². The SMILES string of the molecule is CC(Sc1cccc(NC(=S)Nc2ccccc2)c1)C(=O)N(c1ccccc1)c1ccccc1. The van der Waals surface area contributed by atoms with Gasteiger partial charge in [0, 0.05) is 27.6 Å². The fraction of sp³-hybridized carbons (Fsp3) is 0.0714. The normalized spacial score (nSPS) is 11.3. The van der Waals surface area contributed by atoms with Crippen LogP contribution >= 0.6 is 24.0 Å². The lowest BCUT2D eigenvalue weighted by Crippen LogP contribution is -2.32. The summed E-state index contributed by atoms with van der Waals surface area (Å²) in [6, 6.07) is 37.2. The summed E-state index contributed by atoms with van der Waals surface area (Å²) in [5.41, 5.74) is 3.48. The molecule has 6 heteroatoms. The average molecular weight is 484 g/mol. The summed E-state index contributed by atoms with van der Waals surface area (Å²) in [7, 11) is 0. The fourth-order valence-electron chi connectivity index (χ4n) is 3.46. The molecule has 1 atom stereocenters. The molecule has 0 aliphatic carbocycles. The summed E-state index contributed by atoms with van der Waals surface area (Å²) < 4.78 is 0. The number of carbonyl (C=O) groups excluding carboxylic acids is 1. The van der Waals surface area contributed by atoms with Crippen molar-refractivity contribution in [1.29, 1.82) is 0 Å². The van der Waals surface area contributed by atoms with Crippen molar-refractivity contribution in [3.05, 3.63) is 115 Å². The Morgan fingerprint density at radius 2 is 1.24 bits per heavy atom. The predicted octanol–water partition coefficient (Wildman–Crippen LogP) is 7.34. The minimum Gasteiger partial charge on any atom is -0.332 e. The first-order chi connectivity index (χ1) is 16.6. The van der Waals surface area contributed by atoms with Gasteiger partial charge in [0.1, 0.15) is 0 Å². The van der Waals surface area contributed by atoms with E-state index < -0.39 is 0 Å². The van der Waals surface area contributed by atoms with Crippen LogP contribution in [0.1, 0.15) is 6.92 Å². The monoisotopic (exact) mass is 483 g/mol. The molecule has 0 heterocycles. The van der Waals surface area contributed by atoms with Gasteiger partial charge in [-0.25, -0.2) is 0 Å². The molecule has 170 valence electrons. The van der Waals surface area contributed by atoms with E-state index >= 15 is 0 Å². The van der Waals surface area contributed by atoms with Gasteiger partial charge in [0.05, 0.1) is 5.25 Å². The number of hydrogen-bond acceptors (Lipinski definition) is 3. The molecule has 34 heavy (non-hydrogen) atoms. The van der Waals surface area contributed by atoms with Gasteiger partial charge in [-0.05, 0) is 73.7 Å². The maximum atomic E-state index is 13.6. The number of thioether (sulfide) groups is 1. The predicted molar refractivity (Wildman–Crippen MR) is 148 cm³/mol. The van der Waals surface area contributed by atoms with Crippen molar-refractivity contribution in [3.8, 4) is 0 Å². The standard InChI is InChI=1S/C28H25N3OS2/c1-21(27(32)31(24-15-7-3-8-16-24)25-17-9-4-10-18-25)34-26-19-11-14-23(20-26)30-28(33)29-22-12-5-2-6-13-22/h2-21H,1H3,(H2,29,30,33). The number of rotatable bonds is 7. The van der Waals surface area contributed by atoms with Crippen molar-refractivity contribution >= 4 is 57.7 Å². The molecule has 4 rings (SSSR count). The molecule has 0 saturated heterocycles. The van der Waals surface area contributed by atoms with Crippen molar-refractivity contribution in [2.75, 3.05) is 15.5 Å². The molecule has 1 amide bonds. The molecule has 0 aliphatic heterocycles. The van der Waals surface area contributed by atoms with Gasteiger partial charge in [-0.1, -0.05) is 60.7 Å². The Bertz CT molecular complexity index is 1190. The first-order valence-corrected chi connectivity index (χ1v) is 12.2. The highest BCUT2D eigenvalue weighted by Crippen LogP contribution is 2.32. The van der Waals surface area contributed by atoms with Crippen LogP contribution in [0.4, 0.5) is 22.7 Å². The third kappa shape index (κ3) is 6.25. The fourth-order valence-corrected chi connectivity index (χ4v) is 4.66. The second-order valence-corrected chi connectivity index (χ2v) is 9.40. The smallest absolute Gasteiger partial charge is 0.244 e. The lowest BCUT2D eigenvalue weighted by molar-refractivity contribution is -0.117. The van der Waals surface area contributed by atoms with Crippen LogP contribution in [0.25, 0.3) is 0 Å². The van der Waals surface area contributed by atoms with Gasteiger partial charge in [0.15, 0.2) is 5.11 Å². The number of nitrogens with zero attached hydrogens (tertiary/aromatic N) is 1. The number of nitrogens with one attached hydrogen (secondary N) is 2. The van der Waals surface area contributed by atoms with E-state index in [1.807, 2.05) is 122 Å². The van der Waals surface area contributed by atoms with E-state index in [0.29, 0.717) is 5.11 Å². The van der Waals surface area contributed by atoms with Gasteiger partial charge in [-0.15, -0.1) is 11.8 Å². The average Bonchev–Trinajstić information content (AvgIpc) is 2.86. The molecule has 1 unspecified atom stereocenters. The first kappa shape index (κ1) is 23.5. The van der Waals surface area contributed by atoms with E-state index in [4.69, 9.17) is 12.2 Å². The number of anilines is 4. The lowest BCUT2D eigenvalue weighted by Gasteiger charge is -2.26. The van der Waals surface area contributed by atoms with Gasteiger partial charge >= 0.3 is 0 Å². The number of hydrogen-bond donors (Lipinski definition) is 2. The zero-order chi connectivity index (χ0) is 23.8. The highest BCUT2D eigenvalue weighted by molar-refractivity contribution is 8.00. The number of para-hydroxylation sites is 3. The van der Waals surface area contributed by atoms with E-state index in [0.717, 1.165) is 27.6 Å². The molecular formula is C28H25N3OS2. The molecule has 0 fully saturated rings. The minimum atomic E-state index is -0.301. The summed E-state index contributed by atoms with van der Waals surface area (Å²) in [4.78, 5) is 16.3. The molecule has 4 aromatic rings. The lowest BCUT2D eigenvalue weighted by atomic mass is 10.2. The third-order valence-electron chi connectivity index (χ3n) is 5.03. The van der Waals surface area contributed by atoms with Crippen molar-refractivity contribution < 1.29 is 4.79 Å². The summed E-state index contributed by atoms with van der Waals surface area (Å²) in [5, 5.41) is 6.60. The minimum absolute atomic E-state index is 0.0158. The van der Waals surface area contributed by atoms with E-state index in [-0.39, 0.29) is 11.2 Å². The van der Waals surface area contributed by atoms with Crippen LogP contribution in [-0.4, -0.2) is 16.3 Å². The second kappa shape index (κ2) is 11.5. The summed E-state index contributed by atoms with van der Waals surface area (Å²) >= 11 is 6.96. The quantitative estimate of drug-likeness (QED) is 0.213. The maximum Gasteiger partial charge on any atom is 0.244 e. The van der Waals surface area contributed by atoms with Crippen LogP contribution in [0.15, 0.2) is 120 Å². The zero-order valence-corrected chi connectivity index (χ0v) is 20.4. The topological polar surface area (TPSA) is 44.4 Å².